The molecule has 0 aliphatic carbocycles. The molecule has 6 nitrogen and oxygen atoms in total. The summed E-state index contributed by atoms with van der Waals surface area (Å²) in [6.07, 6.45) is 3.96. The molecular formula is C22H29FN4O2. The van der Waals surface area contributed by atoms with Crippen LogP contribution in [0.25, 0.3) is 10.9 Å². The number of nitrogens with one attached hydrogen (secondary N) is 2. The van der Waals surface area contributed by atoms with Crippen molar-refractivity contribution in [3.8, 4) is 0 Å². The standard InChI is InChI=1S/C22H29FN4O2/c1-14-5-6-19(23)18-12-20(25-21(14)18)22(29)24-16-4-3-9-27(13-16)17-7-10-26(11-8-17)15(2)28/h5-6,12,16-17,25H,3-4,7-11,13H2,1-2H3,(H,24,29). The minimum atomic E-state index is -0.318. The Morgan fingerprint density at radius 2 is 1.93 bits per heavy atom. The number of carbonyl (C=O) groups is 2. The number of hydrogen-bond donors (Lipinski definition) is 2. The molecule has 2 amide bonds. The van der Waals surface area contributed by atoms with Gasteiger partial charge in [-0.15, -0.1) is 0 Å². The van der Waals surface area contributed by atoms with Crippen molar-refractivity contribution >= 4 is 22.7 Å². The van der Waals surface area contributed by atoms with Crippen LogP contribution in [0.4, 0.5) is 4.39 Å². The van der Waals surface area contributed by atoms with Crippen molar-refractivity contribution in [2.75, 3.05) is 26.2 Å². The van der Waals surface area contributed by atoms with Crippen LogP contribution in [0.5, 0.6) is 0 Å². The number of benzene rings is 1. The lowest BCUT2D eigenvalue weighted by Gasteiger charge is -2.42. The number of halogens is 1. The van der Waals surface area contributed by atoms with Gasteiger partial charge < -0.3 is 15.2 Å². The highest BCUT2D eigenvalue weighted by atomic mass is 19.1. The summed E-state index contributed by atoms with van der Waals surface area (Å²) in [6.45, 7) is 7.01. The maximum atomic E-state index is 14.1. The molecule has 156 valence electrons. The number of H-pyrrole nitrogens is 1. The van der Waals surface area contributed by atoms with Gasteiger partial charge in [0.2, 0.25) is 5.91 Å². The highest BCUT2D eigenvalue weighted by Gasteiger charge is 2.30. The number of likely N-dealkylation sites (tertiary alicyclic amines) is 2. The van der Waals surface area contributed by atoms with Gasteiger partial charge in [-0.25, -0.2) is 4.39 Å². The topological polar surface area (TPSA) is 68.4 Å². The largest absolute Gasteiger partial charge is 0.350 e. The van der Waals surface area contributed by atoms with Crippen LogP contribution < -0.4 is 5.32 Å². The van der Waals surface area contributed by atoms with E-state index < -0.39 is 0 Å². The Morgan fingerprint density at radius 1 is 1.17 bits per heavy atom. The second-order valence-electron chi connectivity index (χ2n) is 8.38. The minimum Gasteiger partial charge on any atom is -0.350 e. The average Bonchev–Trinajstić information content (AvgIpc) is 3.18. The molecule has 29 heavy (non-hydrogen) atoms. The number of aromatic amines is 1. The van der Waals surface area contributed by atoms with Crippen LogP contribution in [0.1, 0.15) is 48.7 Å². The minimum absolute atomic E-state index is 0.0828. The molecule has 3 heterocycles. The number of rotatable bonds is 3. The van der Waals surface area contributed by atoms with Gasteiger partial charge >= 0.3 is 0 Å². The van der Waals surface area contributed by atoms with E-state index in [0.29, 0.717) is 22.6 Å². The SMILES string of the molecule is CC(=O)N1CCC(N2CCCC(NC(=O)c3cc4c(F)ccc(C)c4[nH]3)C2)CC1. The fourth-order valence-corrected chi connectivity index (χ4v) is 4.71. The summed E-state index contributed by atoms with van der Waals surface area (Å²) in [7, 11) is 0. The van der Waals surface area contributed by atoms with E-state index in [9.17, 15) is 14.0 Å². The molecular weight excluding hydrogens is 371 g/mol. The summed E-state index contributed by atoms with van der Waals surface area (Å²) in [5, 5.41) is 3.59. The van der Waals surface area contributed by atoms with Crippen LogP contribution in [0, 0.1) is 12.7 Å². The Hall–Kier alpha value is -2.41. The summed E-state index contributed by atoms with van der Waals surface area (Å²) in [5.41, 5.74) is 2.00. The van der Waals surface area contributed by atoms with Crippen LogP contribution >= 0.6 is 0 Å². The van der Waals surface area contributed by atoms with Crippen LogP contribution in [0.2, 0.25) is 0 Å². The van der Waals surface area contributed by atoms with Crippen LogP contribution in [-0.2, 0) is 4.79 Å². The van der Waals surface area contributed by atoms with E-state index in [4.69, 9.17) is 0 Å². The first-order chi connectivity index (χ1) is 13.9. The van der Waals surface area contributed by atoms with Gasteiger partial charge in [-0.3, -0.25) is 14.5 Å². The second-order valence-corrected chi connectivity index (χ2v) is 8.38. The third-order valence-corrected chi connectivity index (χ3v) is 6.41. The summed E-state index contributed by atoms with van der Waals surface area (Å²) in [5.74, 6) is -0.350. The highest BCUT2D eigenvalue weighted by molar-refractivity contribution is 5.99. The van der Waals surface area contributed by atoms with E-state index in [1.165, 1.54) is 6.07 Å². The summed E-state index contributed by atoms with van der Waals surface area (Å²) < 4.78 is 14.1. The van der Waals surface area contributed by atoms with Gasteiger partial charge in [-0.05, 0) is 56.8 Å². The van der Waals surface area contributed by atoms with E-state index in [2.05, 4.69) is 15.2 Å². The smallest absolute Gasteiger partial charge is 0.267 e. The van der Waals surface area contributed by atoms with Crippen LogP contribution in [0.3, 0.4) is 0 Å². The van der Waals surface area contributed by atoms with E-state index in [0.717, 1.165) is 57.4 Å². The molecule has 1 atom stereocenters. The molecule has 0 spiro atoms. The normalized spacial score (nSPS) is 21.5. The number of amides is 2. The van der Waals surface area contributed by atoms with Gasteiger partial charge in [-0.2, -0.15) is 0 Å². The third-order valence-electron chi connectivity index (χ3n) is 6.41. The fourth-order valence-electron chi connectivity index (χ4n) is 4.71. The van der Waals surface area contributed by atoms with Gasteiger partial charge in [0, 0.05) is 44.0 Å². The van der Waals surface area contributed by atoms with Gasteiger partial charge in [0.05, 0.1) is 5.52 Å². The molecule has 2 aromatic rings. The number of aromatic nitrogens is 1. The van der Waals surface area contributed by atoms with E-state index >= 15 is 0 Å². The number of piperidine rings is 2. The Morgan fingerprint density at radius 3 is 2.62 bits per heavy atom. The first-order valence-corrected chi connectivity index (χ1v) is 10.5. The van der Waals surface area contributed by atoms with Crippen molar-refractivity contribution in [2.24, 2.45) is 0 Å². The Bertz CT molecular complexity index is 878. The fraction of sp³-hybridized carbons (Fsp3) is 0.545. The Labute approximate surface area is 170 Å². The third kappa shape index (κ3) is 4.15. The quantitative estimate of drug-likeness (QED) is 0.833. The first-order valence-electron chi connectivity index (χ1n) is 10.5. The highest BCUT2D eigenvalue weighted by Crippen LogP contribution is 2.24. The van der Waals surface area contributed by atoms with Crippen molar-refractivity contribution in [3.63, 3.8) is 0 Å². The zero-order valence-corrected chi connectivity index (χ0v) is 17.1. The van der Waals surface area contributed by atoms with E-state index in [1.807, 2.05) is 11.8 Å². The van der Waals surface area contributed by atoms with Crippen molar-refractivity contribution in [3.05, 3.63) is 35.3 Å². The predicted octanol–water partition coefficient (Wildman–Crippen LogP) is 2.82. The Kier molecular flexibility index (Phi) is 5.58. The molecule has 0 saturated carbocycles. The molecule has 2 aliphatic heterocycles. The number of nitrogens with zero attached hydrogens (tertiary/aromatic N) is 2. The molecule has 4 rings (SSSR count). The number of hydrogen-bond acceptors (Lipinski definition) is 3. The molecule has 1 unspecified atom stereocenters. The molecule has 2 aliphatic rings. The second kappa shape index (κ2) is 8.14. The molecule has 0 bridgehead atoms. The van der Waals surface area contributed by atoms with Crippen molar-refractivity contribution in [1.82, 2.24) is 20.1 Å². The molecule has 0 radical (unpaired) electrons. The number of carbonyl (C=O) groups excluding carboxylic acids is 2. The lowest BCUT2D eigenvalue weighted by Crippen LogP contribution is -2.53. The molecule has 2 fully saturated rings. The molecule has 7 heteroatoms. The summed E-state index contributed by atoms with van der Waals surface area (Å²) in [4.78, 5) is 31.8. The Balaban J connectivity index is 1.38. The molecule has 2 saturated heterocycles. The lowest BCUT2D eigenvalue weighted by atomic mass is 9.98. The molecule has 2 N–H and O–H groups in total. The summed E-state index contributed by atoms with van der Waals surface area (Å²) >= 11 is 0. The van der Waals surface area contributed by atoms with Crippen molar-refractivity contribution in [1.29, 1.82) is 0 Å². The number of fused-ring (bicyclic) bond motifs is 1. The van der Waals surface area contributed by atoms with Crippen molar-refractivity contribution < 1.29 is 14.0 Å². The monoisotopic (exact) mass is 400 g/mol. The maximum absolute atomic E-state index is 14.1. The van der Waals surface area contributed by atoms with Gasteiger partial charge in [-0.1, -0.05) is 6.07 Å². The van der Waals surface area contributed by atoms with Gasteiger partial charge in [0.25, 0.3) is 5.91 Å². The lowest BCUT2D eigenvalue weighted by molar-refractivity contribution is -0.130. The van der Waals surface area contributed by atoms with E-state index in [-0.39, 0.29) is 23.7 Å². The average molecular weight is 400 g/mol. The maximum Gasteiger partial charge on any atom is 0.267 e. The molecule has 1 aromatic heterocycles. The van der Waals surface area contributed by atoms with E-state index in [1.54, 1.807) is 19.1 Å². The molecule has 1 aromatic carbocycles. The van der Waals surface area contributed by atoms with Crippen LogP contribution in [-0.4, -0.2) is 64.9 Å². The first kappa shape index (κ1) is 19.9. The predicted molar refractivity (Wildman–Crippen MR) is 110 cm³/mol. The summed E-state index contributed by atoms with van der Waals surface area (Å²) in [6, 6.07) is 5.30. The zero-order chi connectivity index (χ0) is 20.5. The van der Waals surface area contributed by atoms with Gasteiger partial charge in [0.1, 0.15) is 11.5 Å². The van der Waals surface area contributed by atoms with Gasteiger partial charge in [0.15, 0.2) is 0 Å². The van der Waals surface area contributed by atoms with Crippen molar-refractivity contribution in [2.45, 2.75) is 51.6 Å². The van der Waals surface area contributed by atoms with Crippen LogP contribution in [0.15, 0.2) is 18.2 Å². The number of aryl methyl sites for hydroxylation is 1. The zero-order valence-electron chi connectivity index (χ0n) is 17.1.